The highest BCUT2D eigenvalue weighted by Gasteiger charge is 2.16. The molecule has 0 aliphatic heterocycles. The van der Waals surface area contributed by atoms with Gasteiger partial charge in [-0.15, -0.1) is 0 Å². The van der Waals surface area contributed by atoms with Gasteiger partial charge in [-0.25, -0.2) is 0 Å². The number of nitrogens with two attached hydrogens (primary N) is 1. The third kappa shape index (κ3) is 2.25. The Labute approximate surface area is 118 Å². The van der Waals surface area contributed by atoms with Crippen LogP contribution in [0.25, 0.3) is 5.57 Å². The first-order valence-electron chi connectivity index (χ1n) is 6.95. The third-order valence-electron chi connectivity index (χ3n) is 3.79. The first-order valence-corrected chi connectivity index (χ1v) is 6.95. The number of fused-ring (bicyclic) bond motifs is 1. The number of hydrogen-bond donors (Lipinski definition) is 1. The lowest BCUT2D eigenvalue weighted by Gasteiger charge is -2.13. The molecule has 2 nitrogen and oxygen atoms in total. The van der Waals surface area contributed by atoms with E-state index < -0.39 is 0 Å². The van der Waals surface area contributed by atoms with Crippen LogP contribution < -0.4 is 5.73 Å². The van der Waals surface area contributed by atoms with Crippen molar-refractivity contribution in [1.29, 1.82) is 0 Å². The first-order chi connectivity index (χ1) is 9.77. The van der Waals surface area contributed by atoms with E-state index in [1.165, 1.54) is 11.1 Å². The zero-order valence-corrected chi connectivity index (χ0v) is 11.3. The molecule has 0 spiro atoms. The fourth-order valence-electron chi connectivity index (χ4n) is 2.84. The minimum absolute atomic E-state index is 0.372. The summed E-state index contributed by atoms with van der Waals surface area (Å²) < 4.78 is 0. The quantitative estimate of drug-likeness (QED) is 0.884. The van der Waals surface area contributed by atoms with Gasteiger partial charge < -0.3 is 5.73 Å². The van der Waals surface area contributed by atoms with E-state index in [0.29, 0.717) is 5.56 Å². The van der Waals surface area contributed by atoms with Crippen LogP contribution in [0.3, 0.4) is 0 Å². The molecule has 1 amide bonds. The molecule has 100 valence electrons. The molecule has 0 fully saturated rings. The summed E-state index contributed by atoms with van der Waals surface area (Å²) in [4.78, 5) is 11.7. The summed E-state index contributed by atoms with van der Waals surface area (Å²) in [6.45, 7) is 0. The van der Waals surface area contributed by atoms with Crippen LogP contribution in [0.15, 0.2) is 54.6 Å². The van der Waals surface area contributed by atoms with E-state index in [2.05, 4.69) is 24.3 Å². The van der Waals surface area contributed by atoms with Gasteiger partial charge >= 0.3 is 0 Å². The Bertz CT molecular complexity index is 685. The van der Waals surface area contributed by atoms with Crippen molar-refractivity contribution in [3.63, 3.8) is 0 Å². The van der Waals surface area contributed by atoms with E-state index in [1.54, 1.807) is 6.07 Å². The summed E-state index contributed by atoms with van der Waals surface area (Å²) in [5.74, 6) is -0.372. The Morgan fingerprint density at radius 3 is 2.45 bits per heavy atom. The molecule has 0 heterocycles. The van der Waals surface area contributed by atoms with E-state index in [0.717, 1.165) is 30.4 Å². The number of rotatable bonds is 2. The minimum Gasteiger partial charge on any atom is -0.366 e. The second-order valence-corrected chi connectivity index (χ2v) is 5.08. The Kier molecular flexibility index (Phi) is 3.38. The van der Waals surface area contributed by atoms with Crippen molar-refractivity contribution in [3.05, 3.63) is 76.9 Å². The number of carbonyl (C=O) groups is 1. The van der Waals surface area contributed by atoms with Gasteiger partial charge in [0.15, 0.2) is 0 Å². The zero-order chi connectivity index (χ0) is 13.9. The van der Waals surface area contributed by atoms with Gasteiger partial charge in [-0.1, -0.05) is 48.5 Å². The Morgan fingerprint density at radius 1 is 0.950 bits per heavy atom. The average Bonchev–Trinajstić information content (AvgIpc) is 2.69. The van der Waals surface area contributed by atoms with Crippen LogP contribution in [0, 0.1) is 0 Å². The molecule has 3 rings (SSSR count). The van der Waals surface area contributed by atoms with Gasteiger partial charge in [-0.3, -0.25) is 4.79 Å². The van der Waals surface area contributed by atoms with Crippen LogP contribution in [0.2, 0.25) is 0 Å². The summed E-state index contributed by atoms with van der Waals surface area (Å²) in [6.07, 6.45) is 5.47. The Morgan fingerprint density at radius 2 is 1.65 bits per heavy atom. The predicted molar refractivity (Wildman–Crippen MR) is 81.4 cm³/mol. The number of amides is 1. The number of primary amides is 1. The number of benzene rings is 2. The highest BCUT2D eigenvalue weighted by Crippen LogP contribution is 2.32. The number of hydrogen-bond acceptors (Lipinski definition) is 1. The zero-order valence-electron chi connectivity index (χ0n) is 11.3. The highest BCUT2D eigenvalue weighted by atomic mass is 16.1. The molecule has 2 N–H and O–H groups in total. The number of allylic oxidation sites excluding steroid dienone is 1. The van der Waals surface area contributed by atoms with E-state index in [9.17, 15) is 4.79 Å². The molecule has 20 heavy (non-hydrogen) atoms. The third-order valence-corrected chi connectivity index (χ3v) is 3.79. The van der Waals surface area contributed by atoms with Crippen molar-refractivity contribution >= 4 is 11.5 Å². The van der Waals surface area contributed by atoms with E-state index in [1.807, 2.05) is 24.3 Å². The van der Waals surface area contributed by atoms with Crippen molar-refractivity contribution in [2.75, 3.05) is 0 Å². The monoisotopic (exact) mass is 263 g/mol. The molecule has 2 aromatic rings. The van der Waals surface area contributed by atoms with Crippen LogP contribution >= 0.6 is 0 Å². The van der Waals surface area contributed by atoms with Gasteiger partial charge in [-0.05, 0) is 47.6 Å². The van der Waals surface area contributed by atoms with Gasteiger partial charge in [0.2, 0.25) is 5.91 Å². The fraction of sp³-hybridized carbons (Fsp3) is 0.167. The van der Waals surface area contributed by atoms with Gasteiger partial charge in [0.05, 0.1) is 0 Å². The molecule has 0 aromatic heterocycles. The lowest BCUT2D eigenvalue weighted by molar-refractivity contribution is 0.1000. The Balaban J connectivity index is 2.20. The van der Waals surface area contributed by atoms with E-state index in [-0.39, 0.29) is 5.91 Å². The van der Waals surface area contributed by atoms with Crippen molar-refractivity contribution < 1.29 is 4.79 Å². The number of carbonyl (C=O) groups excluding carboxylic acids is 1. The summed E-state index contributed by atoms with van der Waals surface area (Å²) in [5, 5.41) is 0. The summed E-state index contributed by atoms with van der Waals surface area (Å²) in [5.41, 5.74) is 10.7. The van der Waals surface area contributed by atoms with Gasteiger partial charge in [0.1, 0.15) is 0 Å². The highest BCUT2D eigenvalue weighted by molar-refractivity contribution is 6.00. The molecule has 1 aliphatic carbocycles. The van der Waals surface area contributed by atoms with Crippen LogP contribution in [-0.2, 0) is 6.42 Å². The summed E-state index contributed by atoms with van der Waals surface area (Å²) in [7, 11) is 0. The number of aryl methyl sites for hydroxylation is 1. The topological polar surface area (TPSA) is 43.1 Å². The smallest absolute Gasteiger partial charge is 0.249 e. The molecule has 0 radical (unpaired) electrons. The molecule has 2 heteroatoms. The molecule has 0 atom stereocenters. The van der Waals surface area contributed by atoms with E-state index in [4.69, 9.17) is 5.73 Å². The largest absolute Gasteiger partial charge is 0.366 e. The Hall–Kier alpha value is -2.35. The molecule has 0 bridgehead atoms. The van der Waals surface area contributed by atoms with Crippen molar-refractivity contribution in [2.24, 2.45) is 5.73 Å². The van der Waals surface area contributed by atoms with Crippen LogP contribution in [0.4, 0.5) is 0 Å². The van der Waals surface area contributed by atoms with Crippen molar-refractivity contribution in [3.8, 4) is 0 Å². The van der Waals surface area contributed by atoms with Crippen molar-refractivity contribution in [1.82, 2.24) is 0 Å². The normalized spacial score (nSPS) is 14.1. The maximum atomic E-state index is 11.7. The van der Waals surface area contributed by atoms with Crippen molar-refractivity contribution in [2.45, 2.75) is 19.3 Å². The SMILES string of the molecule is NC(=O)c1ccccc1C1=CCCCc2ccccc21. The molecular formula is C18H17NO. The average molecular weight is 263 g/mol. The van der Waals surface area contributed by atoms with Crippen LogP contribution in [0.5, 0.6) is 0 Å². The summed E-state index contributed by atoms with van der Waals surface area (Å²) in [6, 6.07) is 16.0. The first kappa shape index (κ1) is 12.7. The molecule has 0 saturated heterocycles. The predicted octanol–water partition coefficient (Wildman–Crippen LogP) is 3.55. The second kappa shape index (κ2) is 5.33. The fourth-order valence-corrected chi connectivity index (χ4v) is 2.84. The van der Waals surface area contributed by atoms with E-state index >= 15 is 0 Å². The van der Waals surface area contributed by atoms with Gasteiger partial charge in [0.25, 0.3) is 0 Å². The molecule has 2 aromatic carbocycles. The standard InChI is InChI=1S/C18H17NO/c19-18(20)17-12-6-5-11-16(17)15-10-4-2-8-13-7-1-3-9-14(13)15/h1,3,5-7,9-12H,2,4,8H2,(H2,19,20). The van der Waals surface area contributed by atoms with Crippen LogP contribution in [-0.4, -0.2) is 5.91 Å². The van der Waals surface area contributed by atoms with Gasteiger partial charge in [0, 0.05) is 5.56 Å². The molecule has 0 unspecified atom stereocenters. The lowest BCUT2D eigenvalue weighted by Crippen LogP contribution is -2.13. The molecule has 1 aliphatic rings. The molecular weight excluding hydrogens is 246 g/mol. The minimum atomic E-state index is -0.372. The van der Waals surface area contributed by atoms with Gasteiger partial charge in [-0.2, -0.15) is 0 Å². The molecule has 0 saturated carbocycles. The maximum Gasteiger partial charge on any atom is 0.249 e. The second-order valence-electron chi connectivity index (χ2n) is 5.08. The summed E-state index contributed by atoms with van der Waals surface area (Å²) >= 11 is 0. The lowest BCUT2D eigenvalue weighted by atomic mass is 9.91. The maximum absolute atomic E-state index is 11.7. The van der Waals surface area contributed by atoms with Crippen LogP contribution in [0.1, 0.15) is 39.9 Å².